The van der Waals surface area contributed by atoms with Gasteiger partial charge in [-0.25, -0.2) is 4.79 Å². The Morgan fingerprint density at radius 1 is 1.00 bits per heavy atom. The fourth-order valence-electron chi connectivity index (χ4n) is 4.92. The van der Waals surface area contributed by atoms with Gasteiger partial charge in [0, 0.05) is 26.6 Å². The lowest BCUT2D eigenvalue weighted by atomic mass is 9.87. The number of amides is 3. The first-order valence-corrected chi connectivity index (χ1v) is 12.0. The third-order valence-electron chi connectivity index (χ3n) is 7.06. The van der Waals surface area contributed by atoms with Crippen LogP contribution in [0, 0.1) is 0 Å². The van der Waals surface area contributed by atoms with E-state index in [1.165, 1.54) is 11.9 Å². The average molecular weight is 500 g/mol. The molecule has 2 aromatic carbocycles. The van der Waals surface area contributed by atoms with E-state index in [4.69, 9.17) is 4.74 Å². The third-order valence-corrected chi connectivity index (χ3v) is 7.06. The summed E-state index contributed by atoms with van der Waals surface area (Å²) in [5.74, 6) is 0.614. The first-order valence-electron chi connectivity index (χ1n) is 12.0. The van der Waals surface area contributed by atoms with Gasteiger partial charge >= 0.3 is 6.03 Å². The number of ether oxygens (including phenoxy) is 1. The maximum Gasteiger partial charge on any atom is 0.324 e. The zero-order valence-electron chi connectivity index (χ0n) is 20.4. The number of imide groups is 1. The number of likely N-dealkylation sites (N-methyl/N-ethyl adjacent to an activating group) is 1. The van der Waals surface area contributed by atoms with Crippen LogP contribution < -0.4 is 10.1 Å². The second-order valence-electron chi connectivity index (χ2n) is 9.23. The molecule has 2 fully saturated rings. The molecule has 2 aliphatic heterocycles. The van der Waals surface area contributed by atoms with Crippen LogP contribution in [0.4, 0.5) is 4.79 Å². The second-order valence-corrected chi connectivity index (χ2v) is 9.23. The zero-order valence-corrected chi connectivity index (χ0v) is 21.2. The normalized spacial score (nSPS) is 17.3. The highest BCUT2D eigenvalue weighted by Crippen LogP contribution is 2.30. The van der Waals surface area contributed by atoms with Crippen LogP contribution in [-0.4, -0.2) is 66.9 Å². The van der Waals surface area contributed by atoms with Crippen LogP contribution in [0.2, 0.25) is 0 Å². The number of carbonyl (C=O) groups is 3. The largest absolute Gasteiger partial charge is 0.496 e. The van der Waals surface area contributed by atoms with Gasteiger partial charge < -0.3 is 15.0 Å². The molecule has 0 atom stereocenters. The van der Waals surface area contributed by atoms with Gasteiger partial charge in [0.05, 0.1) is 12.7 Å². The maximum atomic E-state index is 12.9. The van der Waals surface area contributed by atoms with Crippen LogP contribution in [0.3, 0.4) is 0 Å². The minimum absolute atomic E-state index is 0. The number of benzene rings is 2. The number of nitrogens with zero attached hydrogens (tertiary/aromatic N) is 2. The van der Waals surface area contributed by atoms with Crippen molar-refractivity contribution in [3.8, 4) is 16.9 Å². The van der Waals surface area contributed by atoms with Gasteiger partial charge in [0.25, 0.3) is 5.91 Å². The SMILES string of the molecule is COc1ccc(-c2ccccc2)cc1C(=O)CCCCCN1CCC2(CC1)NC(=O)N(C)C2=O.Cl. The lowest BCUT2D eigenvalue weighted by Crippen LogP contribution is -2.54. The van der Waals surface area contributed by atoms with Crippen molar-refractivity contribution < 1.29 is 19.1 Å². The molecule has 0 aromatic heterocycles. The van der Waals surface area contributed by atoms with Gasteiger partial charge in [0.1, 0.15) is 11.3 Å². The minimum Gasteiger partial charge on any atom is -0.496 e. The highest BCUT2D eigenvalue weighted by molar-refractivity contribution is 6.06. The molecule has 0 bridgehead atoms. The van der Waals surface area contributed by atoms with Crippen LogP contribution in [0.1, 0.15) is 48.9 Å². The highest BCUT2D eigenvalue weighted by atomic mass is 35.5. The van der Waals surface area contributed by atoms with E-state index < -0.39 is 5.54 Å². The van der Waals surface area contributed by atoms with E-state index in [-0.39, 0.29) is 30.1 Å². The summed E-state index contributed by atoms with van der Waals surface area (Å²) in [5.41, 5.74) is 2.02. The summed E-state index contributed by atoms with van der Waals surface area (Å²) in [5, 5.41) is 2.88. The molecule has 35 heavy (non-hydrogen) atoms. The summed E-state index contributed by atoms with van der Waals surface area (Å²) >= 11 is 0. The predicted molar refractivity (Wildman–Crippen MR) is 138 cm³/mol. The lowest BCUT2D eigenvalue weighted by Gasteiger charge is -2.37. The molecule has 4 rings (SSSR count). The summed E-state index contributed by atoms with van der Waals surface area (Å²) in [6.45, 7) is 2.53. The van der Waals surface area contributed by atoms with Crippen molar-refractivity contribution in [2.45, 2.75) is 44.1 Å². The number of ketones is 1. The molecule has 2 aliphatic rings. The number of unbranched alkanes of at least 4 members (excludes halogenated alkanes) is 2. The van der Waals surface area contributed by atoms with Crippen molar-refractivity contribution in [2.24, 2.45) is 0 Å². The Morgan fingerprint density at radius 2 is 1.71 bits per heavy atom. The van der Waals surface area contributed by atoms with Gasteiger partial charge in [0.2, 0.25) is 0 Å². The number of halogens is 1. The zero-order chi connectivity index (χ0) is 24.1. The lowest BCUT2D eigenvalue weighted by molar-refractivity contribution is -0.132. The van der Waals surface area contributed by atoms with Crippen LogP contribution in [0.5, 0.6) is 5.75 Å². The molecule has 1 spiro atoms. The van der Waals surface area contributed by atoms with Crippen LogP contribution in [0.15, 0.2) is 48.5 Å². The Balaban J connectivity index is 0.00000342. The Kier molecular flexibility index (Phi) is 8.92. The molecular formula is C27H34ClN3O4. The molecule has 1 N–H and O–H groups in total. The van der Waals surface area contributed by atoms with E-state index in [0.717, 1.165) is 50.0 Å². The standard InChI is InChI=1S/C27H33N3O4.ClH/c1-29-25(32)27(28-26(29)33)14-17-30(18-15-27)16-8-4-7-11-23(31)22-19-21(12-13-24(22)34-2)20-9-5-3-6-10-20;/h3,5-6,9-10,12-13,19H,4,7-8,11,14-18H2,1-2H3,(H,28,33);1H. The van der Waals surface area contributed by atoms with Crippen molar-refractivity contribution >= 4 is 30.1 Å². The number of hydrogen-bond donors (Lipinski definition) is 1. The second kappa shape index (κ2) is 11.7. The van der Waals surface area contributed by atoms with E-state index in [1.54, 1.807) is 7.11 Å². The molecule has 2 saturated heterocycles. The van der Waals surface area contributed by atoms with E-state index in [2.05, 4.69) is 10.2 Å². The first kappa shape index (κ1) is 26.7. The van der Waals surface area contributed by atoms with E-state index in [1.807, 2.05) is 48.5 Å². The van der Waals surface area contributed by atoms with E-state index in [0.29, 0.717) is 30.6 Å². The maximum absolute atomic E-state index is 12.9. The van der Waals surface area contributed by atoms with Gasteiger partial charge in [0.15, 0.2) is 5.78 Å². The van der Waals surface area contributed by atoms with Gasteiger partial charge in [-0.1, -0.05) is 42.8 Å². The molecule has 7 nitrogen and oxygen atoms in total. The topological polar surface area (TPSA) is 79.0 Å². The number of Topliss-reactive ketones (excluding diaryl/α,β-unsaturated/α-hetero) is 1. The Bertz CT molecular complexity index is 1050. The molecule has 0 radical (unpaired) electrons. The summed E-state index contributed by atoms with van der Waals surface area (Å²) < 4.78 is 5.44. The van der Waals surface area contributed by atoms with Crippen molar-refractivity contribution in [2.75, 3.05) is 33.8 Å². The van der Waals surface area contributed by atoms with Crippen LogP contribution in [0.25, 0.3) is 11.1 Å². The molecular weight excluding hydrogens is 466 g/mol. The van der Waals surface area contributed by atoms with Crippen molar-refractivity contribution in [1.29, 1.82) is 0 Å². The number of piperidine rings is 1. The average Bonchev–Trinajstić information content (AvgIpc) is 3.08. The fourth-order valence-corrected chi connectivity index (χ4v) is 4.92. The quantitative estimate of drug-likeness (QED) is 0.311. The molecule has 0 unspecified atom stereocenters. The van der Waals surface area contributed by atoms with Gasteiger partial charge in [-0.3, -0.25) is 14.5 Å². The van der Waals surface area contributed by atoms with Crippen molar-refractivity contribution in [3.63, 3.8) is 0 Å². The van der Waals surface area contributed by atoms with E-state index >= 15 is 0 Å². The van der Waals surface area contributed by atoms with Crippen LogP contribution in [-0.2, 0) is 4.79 Å². The summed E-state index contributed by atoms with van der Waals surface area (Å²) in [6, 6.07) is 15.5. The van der Waals surface area contributed by atoms with Crippen molar-refractivity contribution in [1.82, 2.24) is 15.1 Å². The molecule has 8 heteroatoms. The molecule has 0 aliphatic carbocycles. The molecule has 2 aromatic rings. The van der Waals surface area contributed by atoms with Crippen LogP contribution >= 0.6 is 12.4 Å². The molecule has 0 saturated carbocycles. The van der Waals surface area contributed by atoms with Gasteiger partial charge in [-0.15, -0.1) is 12.4 Å². The summed E-state index contributed by atoms with van der Waals surface area (Å²) in [7, 11) is 3.13. The number of carbonyl (C=O) groups excluding carboxylic acids is 3. The Hall–Kier alpha value is -2.90. The van der Waals surface area contributed by atoms with Gasteiger partial charge in [-0.05, 0) is 55.5 Å². The summed E-state index contributed by atoms with van der Waals surface area (Å²) in [4.78, 5) is 40.7. The predicted octanol–water partition coefficient (Wildman–Crippen LogP) is 4.54. The highest BCUT2D eigenvalue weighted by Gasteiger charge is 2.50. The Labute approximate surface area is 213 Å². The molecule has 188 valence electrons. The fraction of sp³-hybridized carbons (Fsp3) is 0.444. The summed E-state index contributed by atoms with van der Waals surface area (Å²) in [6.07, 6.45) is 4.59. The van der Waals surface area contributed by atoms with Crippen molar-refractivity contribution in [3.05, 3.63) is 54.1 Å². The number of methoxy groups -OCH3 is 1. The minimum atomic E-state index is -0.706. The third kappa shape index (κ3) is 5.85. The monoisotopic (exact) mass is 499 g/mol. The molecule has 3 amide bonds. The number of nitrogens with one attached hydrogen (secondary N) is 1. The number of rotatable bonds is 9. The Morgan fingerprint density at radius 3 is 2.34 bits per heavy atom. The molecule has 2 heterocycles. The number of urea groups is 1. The van der Waals surface area contributed by atoms with Gasteiger partial charge in [-0.2, -0.15) is 0 Å². The smallest absolute Gasteiger partial charge is 0.324 e. The first-order chi connectivity index (χ1) is 16.4. The van der Waals surface area contributed by atoms with E-state index in [9.17, 15) is 14.4 Å². The number of likely N-dealkylation sites (tertiary alicyclic amines) is 1. The number of hydrogen-bond acceptors (Lipinski definition) is 5.